The number of carboxylic acids is 1. The van der Waals surface area contributed by atoms with E-state index in [1.807, 2.05) is 13.0 Å². The number of benzene rings is 2. The first-order chi connectivity index (χ1) is 15.5. The first-order valence-corrected chi connectivity index (χ1v) is 10.6. The van der Waals surface area contributed by atoms with E-state index in [-0.39, 0.29) is 5.92 Å². The molecule has 0 saturated heterocycles. The van der Waals surface area contributed by atoms with E-state index in [0.29, 0.717) is 5.02 Å². The SMILES string of the molecule is Cc1cc(-c2cccc([C@@H]3CN(C)Cc4c(Cl)cc(Cl)cc43)c2)cnn1.O=C(O)C(F)(F)F. The van der Waals surface area contributed by atoms with Crippen LogP contribution in [0, 0.1) is 6.92 Å². The minimum absolute atomic E-state index is 0.232. The largest absolute Gasteiger partial charge is 0.490 e. The molecule has 2 heterocycles. The van der Waals surface area contributed by atoms with E-state index in [9.17, 15) is 13.2 Å². The van der Waals surface area contributed by atoms with Crippen LogP contribution >= 0.6 is 23.2 Å². The third-order valence-electron chi connectivity index (χ3n) is 5.13. The first-order valence-electron chi connectivity index (χ1n) is 9.82. The second-order valence-corrected chi connectivity index (χ2v) is 8.56. The van der Waals surface area contributed by atoms with Crippen LogP contribution in [-0.4, -0.2) is 45.9 Å². The van der Waals surface area contributed by atoms with Crippen molar-refractivity contribution in [2.75, 3.05) is 13.6 Å². The van der Waals surface area contributed by atoms with Crippen LogP contribution < -0.4 is 0 Å². The standard InChI is InChI=1S/C21H19Cl2N3.C2HF3O2/c1-13-6-16(10-24-25-13)14-4-3-5-15(7-14)19-11-26(2)12-20-18(19)8-17(22)9-21(20)23;3-2(4,5)1(6)7/h3-10,19H,11-12H2,1-2H3;(H,6,7)/t19-;/m0./s1. The van der Waals surface area contributed by atoms with Gasteiger partial charge in [-0.25, -0.2) is 4.79 Å². The second-order valence-electron chi connectivity index (χ2n) is 7.72. The molecule has 174 valence electrons. The van der Waals surface area contributed by atoms with E-state index in [0.717, 1.165) is 34.9 Å². The average molecular weight is 498 g/mol. The van der Waals surface area contributed by atoms with Gasteiger partial charge in [-0.1, -0.05) is 47.5 Å². The van der Waals surface area contributed by atoms with Crippen LogP contribution in [0.5, 0.6) is 0 Å². The highest BCUT2D eigenvalue weighted by Gasteiger charge is 2.38. The Bertz CT molecular complexity index is 1170. The number of hydrogen-bond acceptors (Lipinski definition) is 4. The smallest absolute Gasteiger partial charge is 0.475 e. The molecule has 0 bridgehead atoms. The van der Waals surface area contributed by atoms with Crippen molar-refractivity contribution in [1.29, 1.82) is 0 Å². The lowest BCUT2D eigenvalue weighted by molar-refractivity contribution is -0.192. The normalized spacial score (nSPS) is 15.9. The number of nitrogens with zero attached hydrogens (tertiary/aromatic N) is 3. The summed E-state index contributed by atoms with van der Waals surface area (Å²) in [5, 5.41) is 16.7. The Kier molecular flexibility index (Phi) is 7.62. The van der Waals surface area contributed by atoms with Crippen molar-refractivity contribution in [2.24, 2.45) is 0 Å². The van der Waals surface area contributed by atoms with Gasteiger partial charge < -0.3 is 10.0 Å². The average Bonchev–Trinajstić information content (AvgIpc) is 2.74. The molecule has 1 aromatic heterocycles. The molecule has 2 aromatic carbocycles. The number of carbonyl (C=O) groups is 1. The summed E-state index contributed by atoms with van der Waals surface area (Å²) >= 11 is 12.8. The van der Waals surface area contributed by atoms with Gasteiger partial charge in [-0.15, -0.1) is 0 Å². The minimum Gasteiger partial charge on any atom is -0.475 e. The van der Waals surface area contributed by atoms with Gasteiger partial charge in [-0.05, 0) is 54.4 Å². The number of halogens is 5. The summed E-state index contributed by atoms with van der Waals surface area (Å²) in [6, 6.07) is 14.6. The summed E-state index contributed by atoms with van der Waals surface area (Å²) in [4.78, 5) is 11.2. The number of fused-ring (bicyclic) bond motifs is 1. The summed E-state index contributed by atoms with van der Waals surface area (Å²) in [6.45, 7) is 3.73. The highest BCUT2D eigenvalue weighted by atomic mass is 35.5. The maximum atomic E-state index is 10.6. The fraction of sp³-hybridized carbons (Fsp3) is 0.261. The third-order valence-corrected chi connectivity index (χ3v) is 5.69. The summed E-state index contributed by atoms with van der Waals surface area (Å²) in [5.74, 6) is -2.52. The molecule has 0 fully saturated rings. The quantitative estimate of drug-likeness (QED) is 0.472. The van der Waals surface area contributed by atoms with Crippen LogP contribution in [0.3, 0.4) is 0 Å². The lowest BCUT2D eigenvalue weighted by atomic mass is 9.84. The maximum Gasteiger partial charge on any atom is 0.490 e. The molecule has 0 saturated carbocycles. The molecule has 4 rings (SSSR count). The Morgan fingerprint density at radius 1 is 1.15 bits per heavy atom. The summed E-state index contributed by atoms with van der Waals surface area (Å²) in [7, 11) is 2.13. The Morgan fingerprint density at radius 2 is 1.85 bits per heavy atom. The fourth-order valence-electron chi connectivity index (χ4n) is 3.70. The van der Waals surface area contributed by atoms with Crippen molar-refractivity contribution >= 4 is 29.2 Å². The summed E-state index contributed by atoms with van der Waals surface area (Å²) < 4.78 is 31.7. The number of aryl methyl sites for hydroxylation is 1. The molecule has 1 N–H and O–H groups in total. The van der Waals surface area contributed by atoms with E-state index in [1.165, 1.54) is 16.7 Å². The van der Waals surface area contributed by atoms with Crippen LogP contribution in [0.25, 0.3) is 11.1 Å². The monoisotopic (exact) mass is 497 g/mol. The number of likely N-dealkylation sites (N-methyl/N-ethyl adjacent to an activating group) is 1. The molecule has 3 aromatic rings. The van der Waals surface area contributed by atoms with Crippen molar-refractivity contribution in [3.05, 3.63) is 81.1 Å². The first kappa shape index (κ1) is 25.0. The molecule has 5 nitrogen and oxygen atoms in total. The van der Waals surface area contributed by atoms with Crippen molar-refractivity contribution in [1.82, 2.24) is 15.1 Å². The predicted octanol–water partition coefficient (Wildman–Crippen LogP) is 5.97. The van der Waals surface area contributed by atoms with Crippen molar-refractivity contribution < 1.29 is 23.1 Å². The van der Waals surface area contributed by atoms with E-state index in [2.05, 4.69) is 58.5 Å². The van der Waals surface area contributed by atoms with Crippen LogP contribution in [-0.2, 0) is 11.3 Å². The highest BCUT2D eigenvalue weighted by Crippen LogP contribution is 2.39. The zero-order valence-corrected chi connectivity index (χ0v) is 19.2. The number of aromatic nitrogens is 2. The number of rotatable bonds is 2. The molecule has 0 amide bonds. The van der Waals surface area contributed by atoms with Crippen LogP contribution in [0.4, 0.5) is 13.2 Å². The second kappa shape index (κ2) is 10.1. The molecule has 1 aliphatic heterocycles. The zero-order chi connectivity index (χ0) is 24.3. The molecule has 10 heteroatoms. The Balaban J connectivity index is 0.000000383. The van der Waals surface area contributed by atoms with E-state index >= 15 is 0 Å². The van der Waals surface area contributed by atoms with Crippen molar-refractivity contribution in [3.8, 4) is 11.1 Å². The lowest BCUT2D eigenvalue weighted by Gasteiger charge is -2.33. The van der Waals surface area contributed by atoms with Gasteiger partial charge >= 0.3 is 12.1 Å². The number of aliphatic carboxylic acids is 1. The van der Waals surface area contributed by atoms with Gasteiger partial charge in [-0.3, -0.25) is 0 Å². The minimum atomic E-state index is -5.08. The van der Waals surface area contributed by atoms with Crippen molar-refractivity contribution in [3.63, 3.8) is 0 Å². The van der Waals surface area contributed by atoms with Crippen LogP contribution in [0.2, 0.25) is 10.0 Å². The Hall–Kier alpha value is -2.68. The molecule has 0 radical (unpaired) electrons. The van der Waals surface area contributed by atoms with Crippen molar-refractivity contribution in [2.45, 2.75) is 25.6 Å². The molecule has 1 aliphatic rings. The van der Waals surface area contributed by atoms with Gasteiger partial charge in [0.1, 0.15) is 0 Å². The highest BCUT2D eigenvalue weighted by molar-refractivity contribution is 6.35. The molecule has 0 spiro atoms. The fourth-order valence-corrected chi connectivity index (χ4v) is 4.27. The van der Waals surface area contributed by atoms with Crippen LogP contribution in [0.1, 0.15) is 28.3 Å². The predicted molar refractivity (Wildman–Crippen MR) is 121 cm³/mol. The van der Waals surface area contributed by atoms with E-state index < -0.39 is 12.1 Å². The van der Waals surface area contributed by atoms with Gasteiger partial charge in [0.2, 0.25) is 0 Å². The molecule has 0 unspecified atom stereocenters. The molecule has 33 heavy (non-hydrogen) atoms. The number of alkyl halides is 3. The molecular formula is C23H20Cl2F3N3O2. The summed E-state index contributed by atoms with van der Waals surface area (Å²) in [6.07, 6.45) is -3.28. The number of carboxylic acid groups (broad SMARTS) is 1. The maximum absolute atomic E-state index is 10.6. The van der Waals surface area contributed by atoms with E-state index in [4.69, 9.17) is 33.1 Å². The van der Waals surface area contributed by atoms with Gasteiger partial charge in [0, 0.05) is 34.6 Å². The molecular weight excluding hydrogens is 478 g/mol. The topological polar surface area (TPSA) is 66.3 Å². The van der Waals surface area contributed by atoms with Crippen LogP contribution in [0.15, 0.2) is 48.7 Å². The van der Waals surface area contributed by atoms with Gasteiger partial charge in [-0.2, -0.15) is 23.4 Å². The van der Waals surface area contributed by atoms with Gasteiger partial charge in [0.25, 0.3) is 0 Å². The number of hydrogen-bond donors (Lipinski definition) is 1. The zero-order valence-electron chi connectivity index (χ0n) is 17.7. The summed E-state index contributed by atoms with van der Waals surface area (Å²) in [5.41, 5.74) is 6.78. The molecule has 1 atom stereocenters. The van der Waals surface area contributed by atoms with Gasteiger partial charge in [0.15, 0.2) is 0 Å². The lowest BCUT2D eigenvalue weighted by Crippen LogP contribution is -2.31. The third kappa shape index (κ3) is 6.22. The molecule has 0 aliphatic carbocycles. The van der Waals surface area contributed by atoms with E-state index in [1.54, 1.807) is 6.20 Å². The Labute approximate surface area is 198 Å². The van der Waals surface area contributed by atoms with Gasteiger partial charge in [0.05, 0.1) is 11.9 Å². The Morgan fingerprint density at radius 3 is 2.48 bits per heavy atom.